The third kappa shape index (κ3) is 5.79. The van der Waals surface area contributed by atoms with E-state index in [9.17, 15) is 5.11 Å². The Bertz CT molecular complexity index is 323. The Morgan fingerprint density at radius 1 is 1.06 bits per heavy atom. The molecule has 1 rings (SSSR count). The fraction of sp³-hybridized carbons (Fsp3) is 0.600. The van der Waals surface area contributed by atoms with Crippen LogP contribution in [0.2, 0.25) is 0 Å². The maximum absolute atomic E-state index is 9.41. The summed E-state index contributed by atoms with van der Waals surface area (Å²) in [7, 11) is 0. The van der Waals surface area contributed by atoms with Gasteiger partial charge < -0.3 is 5.11 Å². The van der Waals surface area contributed by atoms with Crippen LogP contribution in [0.25, 0.3) is 0 Å². The van der Waals surface area contributed by atoms with Gasteiger partial charge in [-0.25, -0.2) is 0 Å². The van der Waals surface area contributed by atoms with E-state index in [2.05, 4.69) is 6.92 Å². The van der Waals surface area contributed by atoms with Crippen molar-refractivity contribution in [2.24, 2.45) is 0 Å². The van der Waals surface area contributed by atoms with Gasteiger partial charge in [-0.1, -0.05) is 57.6 Å². The predicted octanol–water partition coefficient (Wildman–Crippen LogP) is 4.69. The predicted molar refractivity (Wildman–Crippen MR) is 69.8 cm³/mol. The number of benzene rings is 1. The molecule has 1 aromatic rings. The highest BCUT2D eigenvalue weighted by Crippen LogP contribution is 2.14. The Balaban J connectivity index is 2.16. The molecule has 0 saturated heterocycles. The lowest BCUT2D eigenvalue weighted by molar-refractivity contribution is 0.474. The molecule has 0 amide bonds. The Hall–Kier alpha value is -0.980. The van der Waals surface area contributed by atoms with E-state index in [0.29, 0.717) is 6.04 Å². The van der Waals surface area contributed by atoms with Gasteiger partial charge in [0.2, 0.25) is 0 Å². The van der Waals surface area contributed by atoms with Crippen molar-refractivity contribution in [3.63, 3.8) is 0 Å². The smallest absolute Gasteiger partial charge is 0.115 e. The van der Waals surface area contributed by atoms with E-state index in [0.717, 1.165) is 18.4 Å². The first-order chi connectivity index (χ1) is 8.25. The van der Waals surface area contributed by atoms with Gasteiger partial charge in [0, 0.05) is 0 Å². The second-order valence-electron chi connectivity index (χ2n) is 4.43. The van der Waals surface area contributed by atoms with Gasteiger partial charge >= 0.3 is 0 Å². The number of unbranched alkanes of at least 4 members (excludes halogenated alkanes) is 6. The fourth-order valence-electron chi connectivity index (χ4n) is 1.92. The van der Waals surface area contributed by atoms with E-state index in [1.54, 1.807) is 6.07 Å². The normalized spacial score (nSPS) is 11.4. The minimum absolute atomic E-state index is 0.102. The van der Waals surface area contributed by atoms with Gasteiger partial charge in [-0.05, 0) is 30.5 Å². The van der Waals surface area contributed by atoms with Gasteiger partial charge in [0.25, 0.3) is 0 Å². The molecule has 0 spiro atoms. The molecule has 0 aliphatic carbocycles. The average Bonchev–Trinajstić information content (AvgIpc) is 2.33. The van der Waals surface area contributed by atoms with Crippen LogP contribution in [-0.4, -0.2) is 5.11 Å². The third-order valence-electron chi connectivity index (χ3n) is 2.89. The molecule has 1 N–H and O–H groups in total. The van der Waals surface area contributed by atoms with Crippen molar-refractivity contribution < 1.29 is 6.48 Å². The number of hydrogen-bond acceptors (Lipinski definition) is 1. The van der Waals surface area contributed by atoms with Gasteiger partial charge in [-0.3, -0.25) is 0 Å². The lowest BCUT2D eigenvalue weighted by atomic mass is 10.0. The van der Waals surface area contributed by atoms with Gasteiger partial charge in [0.05, 0.1) is 1.37 Å². The second-order valence-corrected chi connectivity index (χ2v) is 4.43. The lowest BCUT2D eigenvalue weighted by Gasteiger charge is -2.02. The molecular formula is C15H24O. The summed E-state index contributed by atoms with van der Waals surface area (Å²) in [5, 5.41) is 9.41. The fourth-order valence-corrected chi connectivity index (χ4v) is 1.92. The van der Waals surface area contributed by atoms with E-state index in [-0.39, 0.29) is 5.75 Å². The number of hydrogen-bond donors (Lipinski definition) is 1. The van der Waals surface area contributed by atoms with Gasteiger partial charge in [-0.2, -0.15) is 0 Å². The Kier molecular flexibility index (Phi) is 5.90. The maximum Gasteiger partial charge on any atom is 0.115 e. The third-order valence-corrected chi connectivity index (χ3v) is 2.89. The van der Waals surface area contributed by atoms with Crippen molar-refractivity contribution in [1.82, 2.24) is 0 Å². The molecular weight excluding hydrogens is 196 g/mol. The van der Waals surface area contributed by atoms with Crippen LogP contribution in [0.5, 0.6) is 5.75 Å². The number of phenolic OH excluding ortho intramolecular Hbond substituents is 1. The van der Waals surface area contributed by atoms with Crippen molar-refractivity contribution >= 4 is 0 Å². The summed E-state index contributed by atoms with van der Waals surface area (Å²) in [5.74, 6) is 0.102. The highest BCUT2D eigenvalue weighted by Gasteiger charge is 1.95. The Morgan fingerprint density at radius 3 is 2.50 bits per heavy atom. The van der Waals surface area contributed by atoms with Crippen LogP contribution in [0, 0.1) is 0 Å². The maximum atomic E-state index is 9.41. The number of rotatable bonds is 8. The minimum Gasteiger partial charge on any atom is -0.508 e. The standard InChI is InChI=1S/C15H24O/c1-2-3-4-5-6-7-8-10-14-11-9-12-15(16)13-14/h9,11-13,16H,2-8,10H2,1H3/i13D. The van der Waals surface area contributed by atoms with E-state index >= 15 is 0 Å². The highest BCUT2D eigenvalue weighted by molar-refractivity contribution is 5.27. The van der Waals surface area contributed by atoms with Crippen molar-refractivity contribution in [3.8, 4) is 5.75 Å². The molecule has 1 heteroatoms. The second kappa shape index (κ2) is 8.20. The Morgan fingerprint density at radius 2 is 1.75 bits per heavy atom. The summed E-state index contributed by atoms with van der Waals surface area (Å²) in [6, 6.07) is 5.65. The molecule has 0 unspecified atom stereocenters. The van der Waals surface area contributed by atoms with Gasteiger partial charge in [0.1, 0.15) is 5.75 Å². The molecule has 0 saturated carbocycles. The van der Waals surface area contributed by atoms with Crippen LogP contribution < -0.4 is 0 Å². The van der Waals surface area contributed by atoms with Crippen LogP contribution in [0.1, 0.15) is 58.8 Å². The molecule has 1 aromatic carbocycles. The van der Waals surface area contributed by atoms with Crippen LogP contribution in [0.4, 0.5) is 0 Å². The van der Waals surface area contributed by atoms with Crippen molar-refractivity contribution in [1.29, 1.82) is 0 Å². The van der Waals surface area contributed by atoms with Crippen molar-refractivity contribution in [2.45, 2.75) is 58.3 Å². The van der Waals surface area contributed by atoms with E-state index in [1.165, 1.54) is 38.5 Å². The number of phenols is 1. The summed E-state index contributed by atoms with van der Waals surface area (Å²) in [5.41, 5.74) is 0.971. The summed E-state index contributed by atoms with van der Waals surface area (Å²) in [4.78, 5) is 0. The first-order valence-electron chi connectivity index (χ1n) is 7.03. The largest absolute Gasteiger partial charge is 0.508 e. The average molecular weight is 221 g/mol. The van der Waals surface area contributed by atoms with E-state index in [4.69, 9.17) is 1.37 Å². The molecule has 0 bridgehead atoms. The first-order valence-corrected chi connectivity index (χ1v) is 6.53. The first kappa shape index (κ1) is 11.5. The van der Waals surface area contributed by atoms with Crippen LogP contribution >= 0.6 is 0 Å². The Labute approximate surface area is 101 Å². The summed E-state index contributed by atoms with van der Waals surface area (Å²) >= 11 is 0. The molecule has 0 fully saturated rings. The van der Waals surface area contributed by atoms with Crippen LogP contribution in [0.3, 0.4) is 0 Å². The SMILES string of the molecule is [2H]c1c(O)cccc1CCCCCCCCC. The van der Waals surface area contributed by atoms with Crippen LogP contribution in [-0.2, 0) is 6.42 Å². The van der Waals surface area contributed by atoms with E-state index in [1.807, 2.05) is 12.1 Å². The van der Waals surface area contributed by atoms with Crippen LogP contribution in [0.15, 0.2) is 24.2 Å². The zero-order chi connectivity index (χ0) is 12.5. The zero-order valence-electron chi connectivity index (χ0n) is 11.3. The molecule has 1 nitrogen and oxygen atoms in total. The molecule has 16 heavy (non-hydrogen) atoms. The molecule has 0 aliphatic rings. The molecule has 0 atom stereocenters. The monoisotopic (exact) mass is 221 g/mol. The van der Waals surface area contributed by atoms with Crippen molar-refractivity contribution in [2.75, 3.05) is 0 Å². The lowest BCUT2D eigenvalue weighted by Crippen LogP contribution is -1.86. The summed E-state index contributed by atoms with van der Waals surface area (Å²) in [6.45, 7) is 2.23. The summed E-state index contributed by atoms with van der Waals surface area (Å²) < 4.78 is 7.72. The van der Waals surface area contributed by atoms with Crippen molar-refractivity contribution in [3.05, 3.63) is 29.8 Å². The minimum atomic E-state index is 0.102. The molecule has 0 heterocycles. The van der Waals surface area contributed by atoms with Gasteiger partial charge in [0.15, 0.2) is 0 Å². The quantitative estimate of drug-likeness (QED) is 0.632. The summed E-state index contributed by atoms with van der Waals surface area (Å²) in [6.07, 6.45) is 9.91. The highest BCUT2D eigenvalue weighted by atomic mass is 16.3. The molecule has 0 aliphatic heterocycles. The number of aryl methyl sites for hydroxylation is 1. The molecule has 0 aromatic heterocycles. The van der Waals surface area contributed by atoms with E-state index < -0.39 is 0 Å². The topological polar surface area (TPSA) is 20.2 Å². The number of aromatic hydroxyl groups is 1. The molecule has 90 valence electrons. The molecule has 0 radical (unpaired) electrons. The van der Waals surface area contributed by atoms with Gasteiger partial charge in [-0.15, -0.1) is 0 Å². The zero-order valence-corrected chi connectivity index (χ0v) is 10.3.